The molecule has 0 spiro atoms. The third-order valence-electron chi connectivity index (χ3n) is 3.94. The zero-order valence-electron chi connectivity index (χ0n) is 11.1. The molecule has 2 atom stereocenters. The first-order valence-corrected chi connectivity index (χ1v) is 7.12. The number of aromatic nitrogens is 2. The quantitative estimate of drug-likeness (QED) is 0.787. The van der Waals surface area contributed by atoms with Gasteiger partial charge in [-0.25, -0.2) is 4.98 Å². The summed E-state index contributed by atoms with van der Waals surface area (Å²) in [5.41, 5.74) is 2.43. The Morgan fingerprint density at radius 1 is 1.42 bits per heavy atom. The van der Waals surface area contributed by atoms with Crippen molar-refractivity contribution < 1.29 is 0 Å². The van der Waals surface area contributed by atoms with Gasteiger partial charge in [0.05, 0.1) is 16.5 Å². The first-order chi connectivity index (χ1) is 9.13. The first kappa shape index (κ1) is 12.5. The molecule has 1 aliphatic rings. The van der Waals surface area contributed by atoms with E-state index in [9.17, 15) is 5.26 Å². The molecule has 2 unspecified atom stereocenters. The van der Waals surface area contributed by atoms with E-state index in [4.69, 9.17) is 11.6 Å². The van der Waals surface area contributed by atoms with E-state index in [0.717, 1.165) is 22.8 Å². The molecule has 3 rings (SSSR count). The summed E-state index contributed by atoms with van der Waals surface area (Å²) in [4.78, 5) is 4.62. The van der Waals surface area contributed by atoms with Crippen LogP contribution in [0.5, 0.6) is 0 Å². The van der Waals surface area contributed by atoms with Gasteiger partial charge in [-0.1, -0.05) is 6.07 Å². The lowest BCUT2D eigenvalue weighted by molar-refractivity contribution is 0.480. The van der Waals surface area contributed by atoms with Crippen molar-refractivity contribution in [1.82, 2.24) is 9.55 Å². The Kier molecular flexibility index (Phi) is 2.99. The number of nitriles is 1. The summed E-state index contributed by atoms with van der Waals surface area (Å²) in [6.45, 7) is 4.16. The van der Waals surface area contributed by atoms with Crippen molar-refractivity contribution in [2.24, 2.45) is 5.92 Å². The average molecular weight is 274 g/mol. The van der Waals surface area contributed by atoms with Crippen molar-refractivity contribution in [3.8, 4) is 6.07 Å². The fourth-order valence-corrected chi connectivity index (χ4v) is 2.88. The molecular formula is C15H16ClN3. The minimum atomic E-state index is -0.153. The largest absolute Gasteiger partial charge is 0.324 e. The Morgan fingerprint density at radius 2 is 2.16 bits per heavy atom. The van der Waals surface area contributed by atoms with Gasteiger partial charge in [0.25, 0.3) is 0 Å². The van der Waals surface area contributed by atoms with Crippen LogP contribution in [0.4, 0.5) is 0 Å². The topological polar surface area (TPSA) is 41.6 Å². The highest BCUT2D eigenvalue weighted by Gasteiger charge is 2.32. The minimum absolute atomic E-state index is 0.153. The van der Waals surface area contributed by atoms with Gasteiger partial charge in [-0.05, 0) is 44.7 Å². The molecule has 19 heavy (non-hydrogen) atoms. The number of para-hydroxylation sites is 1. The molecule has 0 bridgehead atoms. The Bertz CT molecular complexity index is 662. The van der Waals surface area contributed by atoms with Gasteiger partial charge < -0.3 is 4.57 Å². The molecular weight excluding hydrogens is 258 g/mol. The fraction of sp³-hybridized carbons (Fsp3) is 0.467. The molecule has 0 aliphatic heterocycles. The molecule has 4 heteroatoms. The van der Waals surface area contributed by atoms with E-state index in [0.29, 0.717) is 11.6 Å². The molecule has 1 saturated carbocycles. The number of imidazole rings is 1. The smallest absolute Gasteiger partial charge is 0.128 e. The second-order valence-corrected chi connectivity index (χ2v) is 5.97. The van der Waals surface area contributed by atoms with E-state index in [2.05, 4.69) is 22.5 Å². The Labute approximate surface area is 117 Å². The van der Waals surface area contributed by atoms with Crippen molar-refractivity contribution in [3.05, 3.63) is 29.6 Å². The lowest BCUT2D eigenvalue weighted by atomic mass is 10.1. The van der Waals surface area contributed by atoms with Gasteiger partial charge in [0, 0.05) is 6.04 Å². The van der Waals surface area contributed by atoms with E-state index >= 15 is 0 Å². The van der Waals surface area contributed by atoms with Gasteiger partial charge in [0.1, 0.15) is 17.4 Å². The van der Waals surface area contributed by atoms with Crippen LogP contribution in [0.1, 0.15) is 49.5 Å². The summed E-state index contributed by atoms with van der Waals surface area (Å²) >= 11 is 6.28. The first-order valence-electron chi connectivity index (χ1n) is 6.68. The molecule has 98 valence electrons. The molecule has 0 radical (unpaired) electrons. The summed E-state index contributed by atoms with van der Waals surface area (Å²) < 4.78 is 2.23. The van der Waals surface area contributed by atoms with Gasteiger partial charge in [0.15, 0.2) is 0 Å². The number of nitrogens with zero attached hydrogens (tertiary/aromatic N) is 3. The van der Waals surface area contributed by atoms with Crippen LogP contribution in [-0.2, 0) is 0 Å². The number of rotatable bonds is 3. The van der Waals surface area contributed by atoms with Crippen molar-refractivity contribution in [2.75, 3.05) is 0 Å². The highest BCUT2D eigenvalue weighted by atomic mass is 35.5. The normalized spacial score (nSPS) is 18.2. The van der Waals surface area contributed by atoms with Crippen LogP contribution in [0.15, 0.2) is 18.2 Å². The van der Waals surface area contributed by atoms with Crippen LogP contribution in [0.25, 0.3) is 11.0 Å². The highest BCUT2D eigenvalue weighted by molar-refractivity contribution is 6.20. The van der Waals surface area contributed by atoms with Gasteiger partial charge in [-0.2, -0.15) is 5.26 Å². The van der Waals surface area contributed by atoms with E-state index in [1.54, 1.807) is 0 Å². The zero-order valence-corrected chi connectivity index (χ0v) is 11.9. The maximum Gasteiger partial charge on any atom is 0.128 e. The van der Waals surface area contributed by atoms with E-state index < -0.39 is 0 Å². The molecule has 3 nitrogen and oxygen atoms in total. The summed E-state index contributed by atoms with van der Waals surface area (Å²) in [6, 6.07) is 8.37. The van der Waals surface area contributed by atoms with Crippen molar-refractivity contribution in [1.29, 1.82) is 5.26 Å². The van der Waals surface area contributed by atoms with Crippen LogP contribution in [-0.4, -0.2) is 9.55 Å². The van der Waals surface area contributed by atoms with Gasteiger partial charge in [0.2, 0.25) is 0 Å². The Morgan fingerprint density at radius 3 is 2.74 bits per heavy atom. The minimum Gasteiger partial charge on any atom is -0.324 e. The Hall–Kier alpha value is -1.53. The van der Waals surface area contributed by atoms with Crippen LogP contribution >= 0.6 is 11.6 Å². The molecule has 1 aliphatic carbocycles. The number of hydrogen-bond donors (Lipinski definition) is 0. The van der Waals surface area contributed by atoms with Crippen molar-refractivity contribution >= 4 is 22.6 Å². The standard InChI is InChI=1S/C15H16ClN3/c1-9(16)15-18-14-12(8-17)4-3-5-13(14)19(15)10(2)11-6-7-11/h3-5,9-11H,6-7H2,1-2H3. The van der Waals surface area contributed by atoms with Gasteiger partial charge in [-0.3, -0.25) is 0 Å². The van der Waals surface area contributed by atoms with E-state index in [-0.39, 0.29) is 5.38 Å². The van der Waals surface area contributed by atoms with Crippen molar-refractivity contribution in [2.45, 2.75) is 38.1 Å². The summed E-state index contributed by atoms with van der Waals surface area (Å²) in [5, 5.41) is 9.05. The van der Waals surface area contributed by atoms with Crippen LogP contribution in [0, 0.1) is 17.2 Å². The fourth-order valence-electron chi connectivity index (χ4n) is 2.72. The van der Waals surface area contributed by atoms with Crippen molar-refractivity contribution in [3.63, 3.8) is 0 Å². The third kappa shape index (κ3) is 2.01. The molecule has 0 saturated heterocycles. The maximum atomic E-state index is 9.20. The summed E-state index contributed by atoms with van der Waals surface area (Å²) in [5.74, 6) is 1.59. The second kappa shape index (κ2) is 4.54. The molecule has 1 aromatic heterocycles. The molecule has 2 aromatic rings. The third-order valence-corrected chi connectivity index (χ3v) is 4.13. The lowest BCUT2D eigenvalue weighted by Crippen LogP contribution is -2.11. The predicted octanol–water partition coefficient (Wildman–Crippen LogP) is 4.18. The van der Waals surface area contributed by atoms with E-state index in [1.807, 2.05) is 25.1 Å². The van der Waals surface area contributed by atoms with Crippen LogP contribution in [0.3, 0.4) is 0 Å². The van der Waals surface area contributed by atoms with Gasteiger partial charge in [-0.15, -0.1) is 11.6 Å². The maximum absolute atomic E-state index is 9.20. The average Bonchev–Trinajstić information content (AvgIpc) is 3.16. The second-order valence-electron chi connectivity index (χ2n) is 5.32. The zero-order chi connectivity index (χ0) is 13.6. The SMILES string of the molecule is CC(Cl)c1nc2c(C#N)cccc2n1C(C)C1CC1. The summed E-state index contributed by atoms with van der Waals surface area (Å²) in [6.07, 6.45) is 2.55. The number of halogens is 1. The molecule has 0 N–H and O–H groups in total. The summed E-state index contributed by atoms with van der Waals surface area (Å²) in [7, 11) is 0. The number of hydrogen-bond acceptors (Lipinski definition) is 2. The number of fused-ring (bicyclic) bond motifs is 1. The van der Waals surface area contributed by atoms with Crippen LogP contribution in [0.2, 0.25) is 0 Å². The molecule has 1 fully saturated rings. The van der Waals surface area contributed by atoms with E-state index in [1.165, 1.54) is 12.8 Å². The molecule has 1 heterocycles. The number of benzene rings is 1. The number of alkyl halides is 1. The van der Waals surface area contributed by atoms with Crippen LogP contribution < -0.4 is 0 Å². The monoisotopic (exact) mass is 273 g/mol. The highest BCUT2D eigenvalue weighted by Crippen LogP contribution is 2.42. The predicted molar refractivity (Wildman–Crippen MR) is 76.2 cm³/mol. The molecule has 0 amide bonds. The molecule has 1 aromatic carbocycles. The lowest BCUT2D eigenvalue weighted by Gasteiger charge is -2.18. The Balaban J connectivity index is 2.27. The van der Waals surface area contributed by atoms with Gasteiger partial charge >= 0.3 is 0 Å².